The van der Waals surface area contributed by atoms with Crippen molar-refractivity contribution in [2.24, 2.45) is 0 Å². The summed E-state index contributed by atoms with van der Waals surface area (Å²) in [5, 5.41) is 3.04. The van der Waals surface area contributed by atoms with Gasteiger partial charge in [0.1, 0.15) is 0 Å². The van der Waals surface area contributed by atoms with Crippen molar-refractivity contribution in [2.75, 3.05) is 13.1 Å². The van der Waals surface area contributed by atoms with Gasteiger partial charge in [-0.2, -0.15) is 0 Å². The third-order valence-electron chi connectivity index (χ3n) is 2.66. The summed E-state index contributed by atoms with van der Waals surface area (Å²) in [7, 11) is 0. The Morgan fingerprint density at radius 1 is 1.43 bits per heavy atom. The summed E-state index contributed by atoms with van der Waals surface area (Å²) in [6, 6.07) is 0.413. The summed E-state index contributed by atoms with van der Waals surface area (Å²) >= 11 is 0. The predicted molar refractivity (Wildman–Crippen MR) is 58.2 cm³/mol. The molecule has 0 bridgehead atoms. The number of nitrogens with zero attached hydrogens (tertiary/aromatic N) is 1. The summed E-state index contributed by atoms with van der Waals surface area (Å²) in [6.07, 6.45) is 7.17. The van der Waals surface area contributed by atoms with Crippen molar-refractivity contribution in [1.29, 1.82) is 0 Å². The van der Waals surface area contributed by atoms with Gasteiger partial charge in [-0.1, -0.05) is 26.0 Å². The molecule has 1 heterocycles. The Labute approximate surface area is 86.2 Å². The third-order valence-corrected chi connectivity index (χ3v) is 2.66. The zero-order valence-electron chi connectivity index (χ0n) is 9.12. The van der Waals surface area contributed by atoms with E-state index in [0.29, 0.717) is 6.04 Å². The molecule has 3 heteroatoms. The van der Waals surface area contributed by atoms with Gasteiger partial charge in [0.2, 0.25) is 0 Å². The van der Waals surface area contributed by atoms with E-state index in [9.17, 15) is 4.79 Å². The molecule has 0 unspecified atom stereocenters. The molecular weight excluding hydrogens is 176 g/mol. The van der Waals surface area contributed by atoms with E-state index >= 15 is 0 Å². The molecule has 1 rings (SSSR count). The number of carbonyl (C=O) groups excluding carboxylic acids is 1. The minimum Gasteiger partial charge on any atom is -0.335 e. The number of hydrogen-bond donors (Lipinski definition) is 1. The lowest BCUT2D eigenvalue weighted by molar-refractivity contribution is 0.197. The highest BCUT2D eigenvalue weighted by Gasteiger charge is 2.15. The average molecular weight is 196 g/mol. The Bertz CT molecular complexity index is 209. The van der Waals surface area contributed by atoms with Gasteiger partial charge < -0.3 is 10.2 Å². The highest BCUT2D eigenvalue weighted by atomic mass is 16.2. The maximum Gasteiger partial charge on any atom is 0.317 e. The summed E-state index contributed by atoms with van der Waals surface area (Å²) in [5.74, 6) is 0. The first-order valence-corrected chi connectivity index (χ1v) is 5.48. The lowest BCUT2D eigenvalue weighted by atomic mass is 10.2. The molecule has 1 aliphatic rings. The number of urea groups is 1. The van der Waals surface area contributed by atoms with E-state index < -0.39 is 0 Å². The van der Waals surface area contributed by atoms with Crippen molar-refractivity contribution in [3.8, 4) is 0 Å². The van der Waals surface area contributed by atoms with Crippen LogP contribution in [0.1, 0.15) is 33.1 Å². The van der Waals surface area contributed by atoms with Crippen molar-refractivity contribution in [1.82, 2.24) is 10.2 Å². The SMILES string of the molecule is CCC(CC)NC(=O)N1CC=CCC1. The molecule has 0 spiro atoms. The van der Waals surface area contributed by atoms with E-state index in [1.54, 1.807) is 0 Å². The van der Waals surface area contributed by atoms with Crippen LogP contribution in [0.2, 0.25) is 0 Å². The monoisotopic (exact) mass is 196 g/mol. The lowest BCUT2D eigenvalue weighted by Crippen LogP contribution is -2.45. The first-order valence-electron chi connectivity index (χ1n) is 5.48. The molecule has 14 heavy (non-hydrogen) atoms. The molecule has 0 aromatic rings. The number of amides is 2. The van der Waals surface area contributed by atoms with Crippen LogP contribution in [0.3, 0.4) is 0 Å². The van der Waals surface area contributed by atoms with Gasteiger partial charge in [-0.25, -0.2) is 4.79 Å². The minimum atomic E-state index is 0.0862. The highest BCUT2D eigenvalue weighted by molar-refractivity contribution is 5.74. The lowest BCUT2D eigenvalue weighted by Gasteiger charge is -2.26. The second-order valence-corrected chi connectivity index (χ2v) is 3.67. The number of nitrogens with one attached hydrogen (secondary N) is 1. The molecule has 0 aromatic heterocycles. The van der Waals surface area contributed by atoms with E-state index in [0.717, 1.165) is 32.4 Å². The molecule has 0 aromatic carbocycles. The fraction of sp³-hybridized carbons (Fsp3) is 0.727. The van der Waals surface area contributed by atoms with Crippen LogP contribution >= 0.6 is 0 Å². The maximum absolute atomic E-state index is 11.7. The van der Waals surface area contributed by atoms with Crippen LogP contribution < -0.4 is 5.32 Å². The predicted octanol–water partition coefficient (Wildman–Crippen LogP) is 2.15. The molecule has 0 fully saturated rings. The normalized spacial score (nSPS) is 16.1. The van der Waals surface area contributed by atoms with Crippen molar-refractivity contribution in [3.05, 3.63) is 12.2 Å². The molecule has 0 atom stereocenters. The summed E-state index contributed by atoms with van der Waals surface area (Å²) in [4.78, 5) is 13.6. The van der Waals surface area contributed by atoms with Crippen LogP contribution in [0.5, 0.6) is 0 Å². The summed E-state index contributed by atoms with van der Waals surface area (Å²) in [5.41, 5.74) is 0. The fourth-order valence-corrected chi connectivity index (χ4v) is 1.58. The van der Waals surface area contributed by atoms with E-state index in [1.165, 1.54) is 0 Å². The molecule has 1 aliphatic heterocycles. The maximum atomic E-state index is 11.7. The molecule has 0 saturated carbocycles. The number of rotatable bonds is 3. The summed E-state index contributed by atoms with van der Waals surface area (Å²) in [6.45, 7) is 5.81. The Hall–Kier alpha value is -0.990. The first kappa shape index (κ1) is 11.1. The molecule has 1 N–H and O–H groups in total. The molecule has 2 amide bonds. The molecular formula is C11H20N2O. The Morgan fingerprint density at radius 2 is 2.14 bits per heavy atom. The Kier molecular flexibility index (Phi) is 4.50. The second-order valence-electron chi connectivity index (χ2n) is 3.67. The van der Waals surface area contributed by atoms with Gasteiger partial charge in [-0.3, -0.25) is 0 Å². The van der Waals surface area contributed by atoms with Crippen LogP contribution in [0.15, 0.2) is 12.2 Å². The van der Waals surface area contributed by atoms with Crippen LogP contribution in [0.4, 0.5) is 4.79 Å². The molecule has 0 radical (unpaired) electrons. The van der Waals surface area contributed by atoms with Crippen molar-refractivity contribution >= 4 is 6.03 Å². The number of hydrogen-bond acceptors (Lipinski definition) is 1. The van der Waals surface area contributed by atoms with Crippen molar-refractivity contribution < 1.29 is 4.79 Å². The topological polar surface area (TPSA) is 32.3 Å². The first-order chi connectivity index (χ1) is 6.77. The van der Waals surface area contributed by atoms with Crippen LogP contribution in [0, 0.1) is 0 Å². The molecule has 80 valence electrons. The van der Waals surface area contributed by atoms with E-state index in [1.807, 2.05) is 4.90 Å². The van der Waals surface area contributed by atoms with Crippen LogP contribution in [-0.4, -0.2) is 30.1 Å². The molecule has 0 aliphatic carbocycles. The van der Waals surface area contributed by atoms with Gasteiger partial charge in [0.15, 0.2) is 0 Å². The minimum absolute atomic E-state index is 0.0862. The van der Waals surface area contributed by atoms with Gasteiger partial charge in [-0.15, -0.1) is 0 Å². The van der Waals surface area contributed by atoms with Gasteiger partial charge in [-0.05, 0) is 19.3 Å². The molecule has 0 saturated heterocycles. The van der Waals surface area contributed by atoms with E-state index in [2.05, 4.69) is 31.3 Å². The van der Waals surface area contributed by atoms with Crippen LogP contribution in [-0.2, 0) is 0 Å². The Morgan fingerprint density at radius 3 is 2.64 bits per heavy atom. The third kappa shape index (κ3) is 3.05. The quantitative estimate of drug-likeness (QED) is 0.689. The van der Waals surface area contributed by atoms with Gasteiger partial charge in [0, 0.05) is 19.1 Å². The fourth-order valence-electron chi connectivity index (χ4n) is 1.58. The van der Waals surface area contributed by atoms with E-state index in [-0.39, 0.29) is 6.03 Å². The zero-order chi connectivity index (χ0) is 10.4. The van der Waals surface area contributed by atoms with Gasteiger partial charge in [0.05, 0.1) is 0 Å². The number of carbonyl (C=O) groups is 1. The summed E-state index contributed by atoms with van der Waals surface area (Å²) < 4.78 is 0. The smallest absolute Gasteiger partial charge is 0.317 e. The molecule has 3 nitrogen and oxygen atoms in total. The van der Waals surface area contributed by atoms with Crippen molar-refractivity contribution in [2.45, 2.75) is 39.2 Å². The van der Waals surface area contributed by atoms with Gasteiger partial charge in [0.25, 0.3) is 0 Å². The zero-order valence-corrected chi connectivity index (χ0v) is 9.12. The average Bonchev–Trinajstić information content (AvgIpc) is 2.26. The standard InChI is InChI=1S/C11H20N2O/c1-3-10(4-2)12-11(14)13-8-6-5-7-9-13/h5-6,10H,3-4,7-9H2,1-2H3,(H,12,14). The van der Waals surface area contributed by atoms with Gasteiger partial charge >= 0.3 is 6.03 Å². The Balaban J connectivity index is 2.36. The second kappa shape index (κ2) is 5.68. The van der Waals surface area contributed by atoms with E-state index in [4.69, 9.17) is 0 Å². The van der Waals surface area contributed by atoms with Crippen molar-refractivity contribution in [3.63, 3.8) is 0 Å². The largest absolute Gasteiger partial charge is 0.335 e. The van der Waals surface area contributed by atoms with Crippen LogP contribution in [0.25, 0.3) is 0 Å². The highest BCUT2D eigenvalue weighted by Crippen LogP contribution is 2.03.